The lowest BCUT2D eigenvalue weighted by Crippen LogP contribution is -2.34. The Labute approximate surface area is 111 Å². The minimum atomic E-state index is -0.767. The van der Waals surface area contributed by atoms with Crippen LogP contribution in [-0.2, 0) is 4.79 Å². The van der Waals surface area contributed by atoms with E-state index in [0.29, 0.717) is 17.1 Å². The zero-order chi connectivity index (χ0) is 13.0. The van der Waals surface area contributed by atoms with Gasteiger partial charge in [0, 0.05) is 23.7 Å². The Morgan fingerprint density at radius 2 is 2.33 bits per heavy atom. The molecule has 1 aromatic rings. The van der Waals surface area contributed by atoms with Gasteiger partial charge in [-0.1, -0.05) is 29.8 Å². The molecule has 18 heavy (non-hydrogen) atoms. The van der Waals surface area contributed by atoms with Crippen molar-refractivity contribution in [3.63, 3.8) is 0 Å². The third kappa shape index (κ3) is 3.22. The van der Waals surface area contributed by atoms with Gasteiger partial charge in [0.15, 0.2) is 0 Å². The minimum Gasteiger partial charge on any atom is -0.387 e. The summed E-state index contributed by atoms with van der Waals surface area (Å²) in [7, 11) is 0. The van der Waals surface area contributed by atoms with E-state index < -0.39 is 6.10 Å². The molecule has 2 rings (SSSR count). The summed E-state index contributed by atoms with van der Waals surface area (Å²) in [6.07, 6.45) is 0.0885. The predicted molar refractivity (Wildman–Crippen MR) is 70.4 cm³/mol. The average Bonchev–Trinajstić information content (AvgIpc) is 2.90. The van der Waals surface area contributed by atoms with E-state index >= 15 is 0 Å². The zero-order valence-corrected chi connectivity index (χ0v) is 10.8. The summed E-state index contributed by atoms with van der Waals surface area (Å²) in [5, 5.41) is 16.4. The fourth-order valence-corrected chi connectivity index (χ4v) is 2.34. The molecule has 1 aromatic carbocycles. The highest BCUT2D eigenvalue weighted by Crippen LogP contribution is 2.22. The quantitative estimate of drug-likeness (QED) is 0.766. The Kier molecular flexibility index (Phi) is 4.58. The number of halogens is 1. The predicted octanol–water partition coefficient (Wildman–Crippen LogP) is 1.10. The molecule has 2 atom stereocenters. The fraction of sp³-hybridized carbons (Fsp3) is 0.462. The number of benzene rings is 1. The third-order valence-corrected chi connectivity index (χ3v) is 3.51. The van der Waals surface area contributed by atoms with E-state index in [0.717, 1.165) is 13.0 Å². The molecular formula is C13H17ClN2O2. The van der Waals surface area contributed by atoms with Gasteiger partial charge in [0.1, 0.15) is 0 Å². The van der Waals surface area contributed by atoms with Crippen molar-refractivity contribution in [1.29, 1.82) is 0 Å². The van der Waals surface area contributed by atoms with Crippen LogP contribution in [-0.4, -0.2) is 30.6 Å². The number of nitrogens with one attached hydrogen (secondary N) is 2. The van der Waals surface area contributed by atoms with E-state index in [4.69, 9.17) is 11.6 Å². The van der Waals surface area contributed by atoms with Crippen molar-refractivity contribution in [3.8, 4) is 0 Å². The van der Waals surface area contributed by atoms with Crippen LogP contribution >= 0.6 is 11.6 Å². The monoisotopic (exact) mass is 268 g/mol. The summed E-state index contributed by atoms with van der Waals surface area (Å²) < 4.78 is 0. The first-order valence-electron chi connectivity index (χ1n) is 6.09. The molecule has 0 aromatic heterocycles. The van der Waals surface area contributed by atoms with Gasteiger partial charge in [0.05, 0.1) is 12.0 Å². The smallest absolute Gasteiger partial charge is 0.224 e. The van der Waals surface area contributed by atoms with E-state index in [2.05, 4.69) is 10.6 Å². The van der Waals surface area contributed by atoms with Gasteiger partial charge < -0.3 is 15.7 Å². The number of amides is 1. The molecule has 0 bridgehead atoms. The van der Waals surface area contributed by atoms with Crippen molar-refractivity contribution in [2.75, 3.05) is 19.6 Å². The number of aliphatic hydroxyl groups excluding tert-OH is 1. The maximum Gasteiger partial charge on any atom is 0.224 e. The van der Waals surface area contributed by atoms with Crippen molar-refractivity contribution in [2.45, 2.75) is 12.5 Å². The molecule has 1 amide bonds. The summed E-state index contributed by atoms with van der Waals surface area (Å²) >= 11 is 5.98. The van der Waals surface area contributed by atoms with E-state index in [9.17, 15) is 9.90 Å². The molecule has 98 valence electrons. The number of hydrogen-bond acceptors (Lipinski definition) is 3. The average molecular weight is 269 g/mol. The van der Waals surface area contributed by atoms with E-state index in [1.54, 1.807) is 18.2 Å². The Morgan fingerprint density at radius 1 is 1.56 bits per heavy atom. The topological polar surface area (TPSA) is 61.4 Å². The van der Waals surface area contributed by atoms with Gasteiger partial charge in [-0.3, -0.25) is 4.79 Å². The summed E-state index contributed by atoms with van der Waals surface area (Å²) in [5.41, 5.74) is 0.643. The van der Waals surface area contributed by atoms with Gasteiger partial charge in [0.25, 0.3) is 0 Å². The number of carbonyl (C=O) groups is 1. The molecule has 4 nitrogen and oxygen atoms in total. The maximum absolute atomic E-state index is 11.8. The Bertz CT molecular complexity index is 419. The van der Waals surface area contributed by atoms with E-state index in [1.165, 1.54) is 0 Å². The van der Waals surface area contributed by atoms with Crippen LogP contribution in [0.15, 0.2) is 24.3 Å². The second-order valence-electron chi connectivity index (χ2n) is 4.47. The number of carbonyl (C=O) groups excluding carboxylic acids is 1. The highest BCUT2D eigenvalue weighted by atomic mass is 35.5. The van der Waals surface area contributed by atoms with Crippen LogP contribution in [0.2, 0.25) is 5.02 Å². The molecule has 0 unspecified atom stereocenters. The van der Waals surface area contributed by atoms with Crippen molar-refractivity contribution in [3.05, 3.63) is 34.9 Å². The van der Waals surface area contributed by atoms with Crippen LogP contribution in [0.5, 0.6) is 0 Å². The van der Waals surface area contributed by atoms with Gasteiger partial charge in [-0.05, 0) is 19.0 Å². The summed E-state index contributed by atoms with van der Waals surface area (Å²) in [4.78, 5) is 11.8. The lowest BCUT2D eigenvalue weighted by molar-refractivity contribution is -0.124. The van der Waals surface area contributed by atoms with Crippen molar-refractivity contribution < 1.29 is 9.90 Å². The molecule has 0 spiro atoms. The number of rotatable bonds is 4. The summed E-state index contributed by atoms with van der Waals surface area (Å²) in [5.74, 6) is 0.00884. The second-order valence-corrected chi connectivity index (χ2v) is 4.88. The molecule has 1 fully saturated rings. The first-order valence-corrected chi connectivity index (χ1v) is 6.47. The molecule has 1 heterocycles. The molecule has 3 N–H and O–H groups in total. The van der Waals surface area contributed by atoms with Crippen LogP contribution < -0.4 is 10.6 Å². The SMILES string of the molecule is O=C(NC[C@H](O)c1ccccc1Cl)[C@H]1CCNC1. The molecule has 1 aliphatic rings. The first-order chi connectivity index (χ1) is 8.68. The lowest BCUT2D eigenvalue weighted by atomic mass is 10.1. The lowest BCUT2D eigenvalue weighted by Gasteiger charge is -2.15. The number of aliphatic hydroxyl groups is 1. The van der Waals surface area contributed by atoms with Crippen molar-refractivity contribution >= 4 is 17.5 Å². The molecule has 0 aliphatic carbocycles. The molecule has 0 radical (unpaired) electrons. The number of hydrogen-bond donors (Lipinski definition) is 3. The maximum atomic E-state index is 11.8. The Hall–Kier alpha value is -1.10. The van der Waals surface area contributed by atoms with E-state index in [-0.39, 0.29) is 18.4 Å². The van der Waals surface area contributed by atoms with Gasteiger partial charge in [-0.25, -0.2) is 0 Å². The first kappa shape index (κ1) is 13.3. The normalized spacial score (nSPS) is 20.7. The van der Waals surface area contributed by atoms with E-state index in [1.807, 2.05) is 6.07 Å². The zero-order valence-electron chi connectivity index (χ0n) is 10.0. The molecule has 1 saturated heterocycles. The van der Waals surface area contributed by atoms with Crippen LogP contribution in [0.25, 0.3) is 0 Å². The highest BCUT2D eigenvalue weighted by Gasteiger charge is 2.22. The minimum absolute atomic E-state index is 0.00824. The standard InChI is InChI=1S/C13H17ClN2O2/c14-11-4-2-1-3-10(11)12(17)8-16-13(18)9-5-6-15-7-9/h1-4,9,12,15,17H,5-8H2,(H,16,18)/t9-,12-/m0/s1. The van der Waals surface area contributed by atoms with Crippen molar-refractivity contribution in [2.24, 2.45) is 5.92 Å². The Morgan fingerprint density at radius 3 is 3.00 bits per heavy atom. The summed E-state index contributed by atoms with van der Waals surface area (Å²) in [6.45, 7) is 1.79. The highest BCUT2D eigenvalue weighted by molar-refractivity contribution is 6.31. The molecular weight excluding hydrogens is 252 g/mol. The fourth-order valence-electron chi connectivity index (χ4n) is 2.08. The second kappa shape index (κ2) is 6.18. The van der Waals surface area contributed by atoms with Crippen LogP contribution in [0, 0.1) is 5.92 Å². The van der Waals surface area contributed by atoms with Crippen LogP contribution in [0.1, 0.15) is 18.1 Å². The third-order valence-electron chi connectivity index (χ3n) is 3.16. The van der Waals surface area contributed by atoms with Crippen LogP contribution in [0.3, 0.4) is 0 Å². The van der Waals surface area contributed by atoms with Gasteiger partial charge in [-0.15, -0.1) is 0 Å². The molecule has 1 aliphatic heterocycles. The van der Waals surface area contributed by atoms with Gasteiger partial charge in [-0.2, -0.15) is 0 Å². The van der Waals surface area contributed by atoms with Crippen LogP contribution in [0.4, 0.5) is 0 Å². The largest absolute Gasteiger partial charge is 0.387 e. The van der Waals surface area contributed by atoms with Crippen molar-refractivity contribution in [1.82, 2.24) is 10.6 Å². The molecule has 0 saturated carbocycles. The Balaban J connectivity index is 1.86. The van der Waals surface area contributed by atoms with Gasteiger partial charge in [0.2, 0.25) is 5.91 Å². The van der Waals surface area contributed by atoms with Gasteiger partial charge >= 0.3 is 0 Å². The molecule has 5 heteroatoms. The summed E-state index contributed by atoms with van der Waals surface area (Å²) in [6, 6.07) is 7.10.